The molecule has 0 saturated carbocycles. The minimum absolute atomic E-state index is 0.259. The molecule has 6 nitrogen and oxygen atoms in total. The Labute approximate surface area is 153 Å². The van der Waals surface area contributed by atoms with E-state index in [0.717, 1.165) is 28.7 Å². The topological polar surface area (TPSA) is 87.9 Å². The molecule has 1 aliphatic carbocycles. The maximum absolute atomic E-state index is 12.0. The maximum atomic E-state index is 12.0. The number of rotatable bonds is 4. The van der Waals surface area contributed by atoms with Gasteiger partial charge in [0.2, 0.25) is 5.75 Å². The van der Waals surface area contributed by atoms with Crippen molar-refractivity contribution in [2.75, 3.05) is 27.6 Å². The summed E-state index contributed by atoms with van der Waals surface area (Å²) in [7, 11) is 1.40. The molecular formula is C19H23NO5S. The quantitative estimate of drug-likeness (QED) is 0.881. The van der Waals surface area contributed by atoms with Crippen LogP contribution in [-0.4, -0.2) is 36.0 Å². The lowest BCUT2D eigenvalue weighted by Crippen LogP contribution is -2.11. The van der Waals surface area contributed by atoms with Crippen LogP contribution in [0.5, 0.6) is 17.2 Å². The number of ether oxygens (including phenoxy) is 3. The van der Waals surface area contributed by atoms with Crippen molar-refractivity contribution in [2.24, 2.45) is 5.73 Å². The van der Waals surface area contributed by atoms with Crippen LogP contribution in [0.25, 0.3) is 11.1 Å². The van der Waals surface area contributed by atoms with E-state index in [4.69, 9.17) is 19.9 Å². The molecule has 140 valence electrons. The molecule has 0 heterocycles. The molecule has 0 aromatic heterocycles. The van der Waals surface area contributed by atoms with Gasteiger partial charge in [-0.2, -0.15) is 0 Å². The van der Waals surface area contributed by atoms with Gasteiger partial charge in [0, 0.05) is 17.9 Å². The van der Waals surface area contributed by atoms with Gasteiger partial charge >= 0.3 is 0 Å². The van der Waals surface area contributed by atoms with E-state index < -0.39 is 9.84 Å². The van der Waals surface area contributed by atoms with E-state index in [-0.39, 0.29) is 10.9 Å². The van der Waals surface area contributed by atoms with Crippen molar-refractivity contribution < 1.29 is 22.6 Å². The molecule has 0 aliphatic heterocycles. The lowest BCUT2D eigenvalue weighted by molar-refractivity contribution is 0.324. The summed E-state index contributed by atoms with van der Waals surface area (Å²) in [5.41, 5.74) is 9.92. The SMILES string of the molecule is COc1cc2c(c(OC)c1OC)-c1ccc(S(C)(=O)=O)cc1[C@@H](N)CC2. The highest BCUT2D eigenvalue weighted by Crippen LogP contribution is 2.50. The van der Waals surface area contributed by atoms with Crippen LogP contribution in [0.1, 0.15) is 23.6 Å². The van der Waals surface area contributed by atoms with Crippen molar-refractivity contribution >= 4 is 9.84 Å². The zero-order chi connectivity index (χ0) is 19.1. The Balaban J connectivity index is 2.36. The van der Waals surface area contributed by atoms with Crippen LogP contribution >= 0.6 is 0 Å². The van der Waals surface area contributed by atoms with Gasteiger partial charge < -0.3 is 19.9 Å². The Bertz CT molecular complexity index is 953. The summed E-state index contributed by atoms with van der Waals surface area (Å²) >= 11 is 0. The molecule has 26 heavy (non-hydrogen) atoms. The first-order valence-electron chi connectivity index (χ1n) is 8.23. The number of fused-ring (bicyclic) bond motifs is 3. The van der Waals surface area contributed by atoms with Gasteiger partial charge in [0.1, 0.15) is 0 Å². The molecule has 0 radical (unpaired) electrons. The number of nitrogens with two attached hydrogens (primary N) is 1. The highest BCUT2D eigenvalue weighted by atomic mass is 32.2. The number of sulfone groups is 1. The van der Waals surface area contributed by atoms with Crippen molar-refractivity contribution in [3.8, 4) is 28.4 Å². The van der Waals surface area contributed by atoms with Crippen LogP contribution in [0.2, 0.25) is 0 Å². The fourth-order valence-electron chi connectivity index (χ4n) is 3.47. The van der Waals surface area contributed by atoms with Gasteiger partial charge in [-0.05, 0) is 47.7 Å². The monoisotopic (exact) mass is 377 g/mol. The van der Waals surface area contributed by atoms with Gasteiger partial charge in [-0.15, -0.1) is 0 Å². The molecule has 2 aromatic rings. The van der Waals surface area contributed by atoms with Gasteiger partial charge in [-0.3, -0.25) is 0 Å². The van der Waals surface area contributed by atoms with E-state index in [9.17, 15) is 8.42 Å². The Kier molecular flexibility index (Phi) is 4.86. The number of benzene rings is 2. The van der Waals surface area contributed by atoms with Gasteiger partial charge in [0.25, 0.3) is 0 Å². The summed E-state index contributed by atoms with van der Waals surface area (Å²) in [6, 6.07) is 6.72. The fraction of sp³-hybridized carbons (Fsp3) is 0.368. The van der Waals surface area contributed by atoms with Gasteiger partial charge in [-0.25, -0.2) is 8.42 Å². The molecule has 0 saturated heterocycles. The van der Waals surface area contributed by atoms with E-state index in [1.54, 1.807) is 39.5 Å². The summed E-state index contributed by atoms with van der Waals surface area (Å²) < 4.78 is 40.5. The maximum Gasteiger partial charge on any atom is 0.203 e. The average molecular weight is 377 g/mol. The number of hydrogen-bond donors (Lipinski definition) is 1. The summed E-state index contributed by atoms with van der Waals surface area (Å²) in [6.45, 7) is 0. The largest absolute Gasteiger partial charge is 0.493 e. The standard InChI is InChI=1S/C19H23NO5S/c1-23-16-9-11-5-8-15(20)14-10-12(26(4,21)22)6-7-13(14)17(11)19(25-3)18(16)24-2/h6-7,9-10,15H,5,8,20H2,1-4H3/t15-/m0/s1. The molecular weight excluding hydrogens is 354 g/mol. The second kappa shape index (κ2) is 6.81. The molecule has 0 spiro atoms. The summed E-state index contributed by atoms with van der Waals surface area (Å²) in [5.74, 6) is 1.65. The molecule has 7 heteroatoms. The Morgan fingerprint density at radius 2 is 1.73 bits per heavy atom. The Morgan fingerprint density at radius 3 is 2.31 bits per heavy atom. The smallest absolute Gasteiger partial charge is 0.203 e. The molecule has 0 amide bonds. The zero-order valence-corrected chi connectivity index (χ0v) is 16.1. The molecule has 2 N–H and O–H groups in total. The lowest BCUT2D eigenvalue weighted by atomic mass is 9.94. The molecule has 0 bridgehead atoms. The first kappa shape index (κ1) is 18.5. The van der Waals surface area contributed by atoms with Crippen LogP contribution in [0.4, 0.5) is 0 Å². The zero-order valence-electron chi connectivity index (χ0n) is 15.3. The summed E-state index contributed by atoms with van der Waals surface area (Å²) in [6.07, 6.45) is 2.60. The van der Waals surface area contributed by atoms with Gasteiger partial charge in [-0.1, -0.05) is 6.07 Å². The first-order valence-corrected chi connectivity index (χ1v) is 10.1. The van der Waals surface area contributed by atoms with Gasteiger partial charge in [0.15, 0.2) is 21.3 Å². The van der Waals surface area contributed by atoms with Crippen LogP contribution in [-0.2, 0) is 16.3 Å². The van der Waals surface area contributed by atoms with E-state index >= 15 is 0 Å². The number of aryl methyl sites for hydroxylation is 1. The molecule has 0 unspecified atom stereocenters. The molecule has 1 aliphatic rings. The van der Waals surface area contributed by atoms with Crippen LogP contribution in [0.3, 0.4) is 0 Å². The average Bonchev–Trinajstić information content (AvgIpc) is 2.76. The van der Waals surface area contributed by atoms with E-state index in [1.807, 2.05) is 6.07 Å². The van der Waals surface area contributed by atoms with Crippen LogP contribution in [0, 0.1) is 0 Å². The lowest BCUT2D eigenvalue weighted by Gasteiger charge is -2.20. The third-order valence-electron chi connectivity index (χ3n) is 4.76. The van der Waals surface area contributed by atoms with E-state index in [0.29, 0.717) is 23.7 Å². The van der Waals surface area contributed by atoms with Crippen molar-refractivity contribution in [1.82, 2.24) is 0 Å². The fourth-order valence-corrected chi connectivity index (χ4v) is 4.13. The predicted molar refractivity (Wildman–Crippen MR) is 99.9 cm³/mol. The molecule has 0 fully saturated rings. The second-order valence-corrected chi connectivity index (χ2v) is 8.36. The normalized spacial score (nSPS) is 16.3. The first-order chi connectivity index (χ1) is 12.3. The molecule has 1 atom stereocenters. The van der Waals surface area contributed by atoms with Crippen LogP contribution < -0.4 is 19.9 Å². The van der Waals surface area contributed by atoms with E-state index in [2.05, 4.69) is 0 Å². The van der Waals surface area contributed by atoms with Crippen molar-refractivity contribution in [2.45, 2.75) is 23.8 Å². The molecule has 3 rings (SSSR count). The summed E-state index contributed by atoms with van der Waals surface area (Å²) in [5, 5.41) is 0. The highest BCUT2D eigenvalue weighted by Gasteiger charge is 2.28. The van der Waals surface area contributed by atoms with Crippen molar-refractivity contribution in [1.29, 1.82) is 0 Å². The van der Waals surface area contributed by atoms with Crippen LogP contribution in [0.15, 0.2) is 29.2 Å². The number of methoxy groups -OCH3 is 3. The minimum Gasteiger partial charge on any atom is -0.493 e. The third kappa shape index (κ3) is 3.01. The highest BCUT2D eigenvalue weighted by molar-refractivity contribution is 7.90. The van der Waals surface area contributed by atoms with Gasteiger partial charge in [0.05, 0.1) is 26.2 Å². The van der Waals surface area contributed by atoms with Crippen molar-refractivity contribution in [3.05, 3.63) is 35.4 Å². The molecule has 2 aromatic carbocycles. The second-order valence-electron chi connectivity index (χ2n) is 6.35. The third-order valence-corrected chi connectivity index (χ3v) is 5.87. The predicted octanol–water partition coefficient (Wildman–Crippen LogP) is 2.73. The Hall–Kier alpha value is -2.25. The van der Waals surface area contributed by atoms with E-state index in [1.165, 1.54) is 6.26 Å². The summed E-state index contributed by atoms with van der Waals surface area (Å²) in [4.78, 5) is 0.259. The number of hydrogen-bond acceptors (Lipinski definition) is 6. The minimum atomic E-state index is -3.32. The Morgan fingerprint density at radius 1 is 1.04 bits per heavy atom. The van der Waals surface area contributed by atoms with Crippen molar-refractivity contribution in [3.63, 3.8) is 0 Å².